The van der Waals surface area contributed by atoms with Gasteiger partial charge in [-0.15, -0.1) is 12.4 Å². The largest absolute Gasteiger partial charge is 0.384 e. The van der Waals surface area contributed by atoms with Gasteiger partial charge < -0.3 is 10.1 Å². The molecule has 0 atom stereocenters. The zero-order chi connectivity index (χ0) is 26.4. The first kappa shape index (κ1) is 28.8. The van der Waals surface area contributed by atoms with Gasteiger partial charge in [-0.3, -0.25) is 15.0 Å². The number of non-ortho nitro benzene ring substituents is 1. The summed E-state index contributed by atoms with van der Waals surface area (Å²) in [6, 6.07) is 8.95. The Kier molecular flexibility index (Phi) is 9.59. The van der Waals surface area contributed by atoms with E-state index in [0.717, 1.165) is 36.5 Å². The van der Waals surface area contributed by atoms with Crippen LogP contribution in [0.4, 0.5) is 11.4 Å². The number of aromatic nitrogens is 2. The maximum Gasteiger partial charge on any atom is 0.281 e. The maximum atomic E-state index is 13.4. The molecule has 0 spiro atoms. The van der Waals surface area contributed by atoms with Crippen LogP contribution in [0, 0.1) is 21.4 Å². The topological polar surface area (TPSA) is 158 Å². The predicted octanol–water partition coefficient (Wildman–Crippen LogP) is 2.32. The molecule has 0 unspecified atom stereocenters. The second kappa shape index (κ2) is 12.7. The van der Waals surface area contributed by atoms with Crippen molar-refractivity contribution in [2.24, 2.45) is 5.10 Å². The molecule has 15 heteroatoms. The van der Waals surface area contributed by atoms with Crippen molar-refractivity contribution in [1.29, 1.82) is 5.26 Å². The van der Waals surface area contributed by atoms with E-state index in [-0.39, 0.29) is 28.7 Å². The molecule has 0 aliphatic carbocycles. The first-order valence-corrected chi connectivity index (χ1v) is 13.0. The first-order chi connectivity index (χ1) is 17.8. The van der Waals surface area contributed by atoms with Gasteiger partial charge in [0.15, 0.2) is 0 Å². The SMILES string of the molecule is CN(N=Cc1cnn2ccc(C#N)cc12)S(=O)(=O)c1cc([N+](=O)[O-])ccc1NCCCN1CCOCC1.Cl. The van der Waals surface area contributed by atoms with Gasteiger partial charge in [0.2, 0.25) is 0 Å². The second-order valence-electron chi connectivity index (χ2n) is 8.31. The molecule has 1 aliphatic rings. The zero-order valence-electron chi connectivity index (χ0n) is 20.6. The van der Waals surface area contributed by atoms with E-state index in [4.69, 9.17) is 10.00 Å². The minimum Gasteiger partial charge on any atom is -0.384 e. The van der Waals surface area contributed by atoms with Crippen molar-refractivity contribution >= 4 is 45.5 Å². The number of morpholine rings is 1. The number of benzene rings is 1. The Morgan fingerprint density at radius 3 is 2.79 bits per heavy atom. The van der Waals surface area contributed by atoms with Gasteiger partial charge in [0.25, 0.3) is 15.7 Å². The van der Waals surface area contributed by atoms with Crippen LogP contribution < -0.4 is 5.32 Å². The highest BCUT2D eigenvalue weighted by Crippen LogP contribution is 2.29. The predicted molar refractivity (Wildman–Crippen MR) is 143 cm³/mol. The number of nitrogens with one attached hydrogen (secondary N) is 1. The Hall–Kier alpha value is -3.77. The Morgan fingerprint density at radius 1 is 1.32 bits per heavy atom. The molecule has 1 aliphatic heterocycles. The zero-order valence-corrected chi connectivity index (χ0v) is 22.2. The van der Waals surface area contributed by atoms with Crippen LogP contribution in [0.3, 0.4) is 0 Å². The second-order valence-corrected chi connectivity index (χ2v) is 10.2. The number of nitro groups is 1. The molecule has 202 valence electrons. The third-order valence-electron chi connectivity index (χ3n) is 5.91. The number of ether oxygens (including phenoxy) is 1. The van der Waals surface area contributed by atoms with Gasteiger partial charge in [-0.2, -0.15) is 28.3 Å². The number of fused-ring (bicyclic) bond motifs is 1. The number of hydrogen-bond donors (Lipinski definition) is 1. The number of halogens is 1. The lowest BCUT2D eigenvalue weighted by atomic mass is 10.2. The van der Waals surface area contributed by atoms with Crippen molar-refractivity contribution in [2.75, 3.05) is 51.8 Å². The maximum absolute atomic E-state index is 13.4. The molecule has 4 rings (SSSR count). The molecule has 3 aromatic rings. The van der Waals surface area contributed by atoms with Crippen molar-refractivity contribution in [2.45, 2.75) is 11.3 Å². The molecule has 3 heterocycles. The minimum absolute atomic E-state index is 0. The average molecular weight is 563 g/mol. The average Bonchev–Trinajstić information content (AvgIpc) is 3.32. The third kappa shape index (κ3) is 6.56. The molecule has 1 N–H and O–H groups in total. The molecule has 0 saturated carbocycles. The van der Waals surface area contributed by atoms with Crippen LogP contribution in [-0.4, -0.2) is 84.9 Å². The lowest BCUT2D eigenvalue weighted by molar-refractivity contribution is -0.385. The smallest absolute Gasteiger partial charge is 0.281 e. The van der Waals surface area contributed by atoms with Crippen LogP contribution >= 0.6 is 12.4 Å². The Bertz CT molecular complexity index is 1460. The van der Waals surface area contributed by atoms with Crippen LogP contribution in [0.1, 0.15) is 17.5 Å². The minimum atomic E-state index is -4.24. The Morgan fingerprint density at radius 2 is 2.08 bits per heavy atom. The fourth-order valence-electron chi connectivity index (χ4n) is 3.85. The molecule has 1 aromatic carbocycles. The van der Waals surface area contributed by atoms with Crippen LogP contribution in [0.25, 0.3) is 5.52 Å². The van der Waals surface area contributed by atoms with E-state index in [1.807, 2.05) is 6.07 Å². The fraction of sp³-hybridized carbons (Fsp3) is 0.348. The molecular formula is C23H27ClN8O5S. The number of nitrogens with zero attached hydrogens (tertiary/aromatic N) is 7. The first-order valence-electron chi connectivity index (χ1n) is 11.5. The summed E-state index contributed by atoms with van der Waals surface area (Å²) in [4.78, 5) is 12.7. The van der Waals surface area contributed by atoms with E-state index >= 15 is 0 Å². The van der Waals surface area contributed by atoms with E-state index < -0.39 is 14.9 Å². The Balaban J connectivity index is 0.00000400. The van der Waals surface area contributed by atoms with Crippen molar-refractivity contribution < 1.29 is 18.1 Å². The molecular weight excluding hydrogens is 536 g/mol. The van der Waals surface area contributed by atoms with E-state index in [2.05, 4.69) is 20.4 Å². The number of nitro benzene ring substituents is 1. The van der Waals surface area contributed by atoms with Gasteiger partial charge in [-0.1, -0.05) is 0 Å². The summed E-state index contributed by atoms with van der Waals surface area (Å²) in [5, 5.41) is 31.8. The number of hydrazone groups is 1. The van der Waals surface area contributed by atoms with Gasteiger partial charge >= 0.3 is 0 Å². The van der Waals surface area contributed by atoms with Crippen LogP contribution in [0.5, 0.6) is 0 Å². The van der Waals surface area contributed by atoms with Crippen molar-refractivity contribution in [3.8, 4) is 6.07 Å². The summed E-state index contributed by atoms with van der Waals surface area (Å²) in [6.07, 6.45) is 5.18. The number of nitriles is 1. The van der Waals surface area contributed by atoms with Crippen LogP contribution in [0.2, 0.25) is 0 Å². The summed E-state index contributed by atoms with van der Waals surface area (Å²) in [7, 11) is -2.99. The number of hydrogen-bond acceptors (Lipinski definition) is 10. The van der Waals surface area contributed by atoms with E-state index in [1.165, 1.54) is 36.1 Å². The third-order valence-corrected chi connectivity index (χ3v) is 7.60. The van der Waals surface area contributed by atoms with E-state index in [1.54, 1.807) is 18.3 Å². The van der Waals surface area contributed by atoms with Gasteiger partial charge in [0.05, 0.1) is 53.4 Å². The van der Waals surface area contributed by atoms with Gasteiger partial charge in [0.1, 0.15) is 4.90 Å². The summed E-state index contributed by atoms with van der Waals surface area (Å²) in [6.45, 7) is 4.39. The highest BCUT2D eigenvalue weighted by molar-refractivity contribution is 7.89. The number of pyridine rings is 1. The number of rotatable bonds is 10. The van der Waals surface area contributed by atoms with Crippen LogP contribution in [0.15, 0.2) is 52.7 Å². The molecule has 13 nitrogen and oxygen atoms in total. The molecule has 0 radical (unpaired) electrons. The quantitative estimate of drug-likeness (QED) is 0.169. The number of anilines is 1. The van der Waals surface area contributed by atoms with Gasteiger partial charge in [0, 0.05) is 50.6 Å². The lowest BCUT2D eigenvalue weighted by Crippen LogP contribution is -2.37. The summed E-state index contributed by atoms with van der Waals surface area (Å²) >= 11 is 0. The lowest BCUT2D eigenvalue weighted by Gasteiger charge is -2.26. The van der Waals surface area contributed by atoms with Crippen molar-refractivity contribution in [3.63, 3.8) is 0 Å². The highest BCUT2D eigenvalue weighted by Gasteiger charge is 2.26. The summed E-state index contributed by atoms with van der Waals surface area (Å²) in [5.41, 5.74) is 1.40. The summed E-state index contributed by atoms with van der Waals surface area (Å²) in [5.74, 6) is 0. The molecule has 0 amide bonds. The van der Waals surface area contributed by atoms with Crippen LogP contribution in [-0.2, 0) is 14.8 Å². The van der Waals surface area contributed by atoms with Gasteiger partial charge in [-0.25, -0.2) is 4.52 Å². The van der Waals surface area contributed by atoms with Crippen molar-refractivity contribution in [1.82, 2.24) is 18.9 Å². The highest BCUT2D eigenvalue weighted by atomic mass is 35.5. The number of sulfonamides is 1. The molecule has 1 fully saturated rings. The van der Waals surface area contributed by atoms with Gasteiger partial charge in [-0.05, 0) is 31.2 Å². The normalized spacial score (nSPS) is 14.2. The molecule has 0 bridgehead atoms. The molecule has 2 aromatic heterocycles. The fourth-order valence-corrected chi connectivity index (χ4v) is 4.99. The van der Waals surface area contributed by atoms with E-state index in [0.29, 0.717) is 36.4 Å². The Labute approximate surface area is 225 Å². The molecule has 38 heavy (non-hydrogen) atoms. The molecule has 1 saturated heterocycles. The monoisotopic (exact) mass is 562 g/mol. The van der Waals surface area contributed by atoms with Crippen molar-refractivity contribution in [3.05, 3.63) is 64.0 Å². The standard InChI is InChI=1S/C23H26N8O5S.ClH/c1-28(26-16-19-17-27-30-8-5-18(15-24)13-22(19)30)37(34,35)23-14-20(31(32)33)3-4-21(23)25-6-2-7-29-9-11-36-12-10-29;/h3-5,8,13-14,16-17,25H,2,6-7,9-12H2,1H3;1H. The summed E-state index contributed by atoms with van der Waals surface area (Å²) < 4.78 is 34.4. The van der Waals surface area contributed by atoms with E-state index in [9.17, 15) is 18.5 Å².